The van der Waals surface area contributed by atoms with Gasteiger partial charge in [-0.15, -0.1) is 0 Å². The van der Waals surface area contributed by atoms with Crippen molar-refractivity contribution in [2.24, 2.45) is 0 Å². The lowest BCUT2D eigenvalue weighted by atomic mass is 10.2. The molecular formula is C21H27N3O5. The fraction of sp³-hybridized carbons (Fsp3) is 0.476. The largest absolute Gasteiger partial charge is 0.451 e. The van der Waals surface area contributed by atoms with Crippen molar-refractivity contribution in [1.82, 2.24) is 15.1 Å². The molecule has 8 heteroatoms. The molecule has 0 radical (unpaired) electrons. The first kappa shape index (κ1) is 20.9. The topological polar surface area (TPSA) is 92.1 Å². The molecule has 2 amide bonds. The lowest BCUT2D eigenvalue weighted by Crippen LogP contribution is -2.51. The maximum absolute atomic E-state index is 12.3. The summed E-state index contributed by atoms with van der Waals surface area (Å²) in [5, 5.41) is 3.24. The van der Waals surface area contributed by atoms with Crippen LogP contribution in [0.3, 0.4) is 0 Å². The van der Waals surface area contributed by atoms with Crippen molar-refractivity contribution < 1.29 is 18.7 Å². The zero-order chi connectivity index (χ0) is 21.0. The SMILES string of the molecule is CC(C)(C)OC(=O)N1CCN(CCNC(=O)c2cc(=O)c3ccccc3o2)CC1. The van der Waals surface area contributed by atoms with E-state index in [4.69, 9.17) is 9.15 Å². The number of carbonyl (C=O) groups is 2. The molecule has 1 aliphatic rings. The molecular weight excluding hydrogens is 374 g/mol. The van der Waals surface area contributed by atoms with Gasteiger partial charge in [0.25, 0.3) is 5.91 Å². The highest BCUT2D eigenvalue weighted by Crippen LogP contribution is 2.13. The molecule has 0 atom stereocenters. The first-order valence-electron chi connectivity index (χ1n) is 9.74. The highest BCUT2D eigenvalue weighted by Gasteiger charge is 2.25. The average molecular weight is 401 g/mol. The van der Waals surface area contributed by atoms with E-state index in [0.29, 0.717) is 50.2 Å². The van der Waals surface area contributed by atoms with Gasteiger partial charge in [0.15, 0.2) is 11.2 Å². The van der Waals surface area contributed by atoms with Crippen LogP contribution in [0.4, 0.5) is 4.79 Å². The van der Waals surface area contributed by atoms with E-state index in [9.17, 15) is 14.4 Å². The number of fused-ring (bicyclic) bond motifs is 1. The summed E-state index contributed by atoms with van der Waals surface area (Å²) in [5.74, 6) is -0.413. The molecule has 1 aromatic heterocycles. The van der Waals surface area contributed by atoms with E-state index in [-0.39, 0.29) is 17.3 Å². The number of benzene rings is 1. The van der Waals surface area contributed by atoms with E-state index in [2.05, 4.69) is 10.2 Å². The number of rotatable bonds is 4. The van der Waals surface area contributed by atoms with E-state index in [0.717, 1.165) is 0 Å². The maximum atomic E-state index is 12.3. The van der Waals surface area contributed by atoms with Gasteiger partial charge >= 0.3 is 6.09 Å². The molecule has 3 rings (SSSR count). The number of piperazine rings is 1. The van der Waals surface area contributed by atoms with Gasteiger partial charge in [0, 0.05) is 45.3 Å². The van der Waals surface area contributed by atoms with Gasteiger partial charge in [-0.25, -0.2) is 4.79 Å². The summed E-state index contributed by atoms with van der Waals surface area (Å²) in [6, 6.07) is 8.06. The summed E-state index contributed by atoms with van der Waals surface area (Å²) in [6.45, 7) is 9.20. The highest BCUT2D eigenvalue weighted by atomic mass is 16.6. The predicted molar refractivity (Wildman–Crippen MR) is 109 cm³/mol. The highest BCUT2D eigenvalue weighted by molar-refractivity contribution is 5.93. The molecule has 1 fully saturated rings. The minimum absolute atomic E-state index is 0.00319. The molecule has 2 aromatic rings. The Morgan fingerprint density at radius 2 is 1.83 bits per heavy atom. The molecule has 1 aromatic carbocycles. The standard InChI is InChI=1S/C21H27N3O5/c1-21(2,3)29-20(27)24-12-10-23(11-13-24)9-8-22-19(26)18-14-16(25)15-6-4-5-7-17(15)28-18/h4-7,14H,8-13H2,1-3H3,(H,22,26). The molecule has 0 bridgehead atoms. The van der Waals surface area contributed by atoms with Crippen molar-refractivity contribution in [3.63, 3.8) is 0 Å². The van der Waals surface area contributed by atoms with Crippen LogP contribution in [-0.2, 0) is 4.74 Å². The Morgan fingerprint density at radius 1 is 1.14 bits per heavy atom. The van der Waals surface area contributed by atoms with Gasteiger partial charge in [0.2, 0.25) is 0 Å². The summed E-state index contributed by atoms with van der Waals surface area (Å²) in [6.07, 6.45) is -0.295. The van der Waals surface area contributed by atoms with Crippen LogP contribution < -0.4 is 10.7 Å². The van der Waals surface area contributed by atoms with Gasteiger partial charge in [-0.05, 0) is 32.9 Å². The second kappa shape index (κ2) is 8.65. The fourth-order valence-electron chi connectivity index (χ4n) is 3.11. The fourth-order valence-corrected chi connectivity index (χ4v) is 3.11. The summed E-state index contributed by atoms with van der Waals surface area (Å²) in [5.41, 5.74) is -0.352. The van der Waals surface area contributed by atoms with Crippen LogP contribution in [0.1, 0.15) is 31.3 Å². The van der Waals surface area contributed by atoms with Crippen LogP contribution >= 0.6 is 0 Å². The van der Waals surface area contributed by atoms with Gasteiger partial charge < -0.3 is 19.4 Å². The molecule has 0 aliphatic carbocycles. The second-order valence-electron chi connectivity index (χ2n) is 8.04. The van der Waals surface area contributed by atoms with Crippen LogP contribution in [0.5, 0.6) is 0 Å². The Hall–Kier alpha value is -2.87. The minimum Gasteiger partial charge on any atom is -0.451 e. The molecule has 8 nitrogen and oxygen atoms in total. The Balaban J connectivity index is 1.46. The van der Waals surface area contributed by atoms with E-state index in [1.165, 1.54) is 6.07 Å². The van der Waals surface area contributed by atoms with E-state index < -0.39 is 11.5 Å². The van der Waals surface area contributed by atoms with Gasteiger partial charge in [0.1, 0.15) is 11.2 Å². The summed E-state index contributed by atoms with van der Waals surface area (Å²) in [4.78, 5) is 40.4. The molecule has 0 unspecified atom stereocenters. The zero-order valence-electron chi connectivity index (χ0n) is 17.1. The molecule has 1 N–H and O–H groups in total. The smallest absolute Gasteiger partial charge is 0.410 e. The Labute approximate surface area is 169 Å². The number of nitrogens with one attached hydrogen (secondary N) is 1. The average Bonchev–Trinajstić information content (AvgIpc) is 2.67. The number of hydrogen-bond donors (Lipinski definition) is 1. The van der Waals surface area contributed by atoms with Crippen molar-refractivity contribution in [2.75, 3.05) is 39.3 Å². The van der Waals surface area contributed by atoms with Gasteiger partial charge in [-0.2, -0.15) is 0 Å². The Morgan fingerprint density at radius 3 is 2.52 bits per heavy atom. The first-order valence-corrected chi connectivity index (χ1v) is 9.74. The molecule has 0 spiro atoms. The molecule has 29 heavy (non-hydrogen) atoms. The van der Waals surface area contributed by atoms with Gasteiger partial charge in [-0.1, -0.05) is 12.1 Å². The first-order chi connectivity index (χ1) is 13.7. The van der Waals surface area contributed by atoms with Crippen LogP contribution in [0.2, 0.25) is 0 Å². The monoisotopic (exact) mass is 401 g/mol. The maximum Gasteiger partial charge on any atom is 0.410 e. The van der Waals surface area contributed by atoms with Crippen LogP contribution in [0.25, 0.3) is 11.0 Å². The van der Waals surface area contributed by atoms with E-state index in [1.807, 2.05) is 20.8 Å². The van der Waals surface area contributed by atoms with E-state index in [1.54, 1.807) is 29.2 Å². The number of hydrogen-bond acceptors (Lipinski definition) is 6. The lowest BCUT2D eigenvalue weighted by molar-refractivity contribution is 0.0147. The van der Waals surface area contributed by atoms with E-state index >= 15 is 0 Å². The minimum atomic E-state index is -0.504. The second-order valence-corrected chi connectivity index (χ2v) is 8.04. The lowest BCUT2D eigenvalue weighted by Gasteiger charge is -2.35. The number of amides is 2. The third-order valence-electron chi connectivity index (χ3n) is 4.60. The van der Waals surface area contributed by atoms with Gasteiger partial charge in [0.05, 0.1) is 5.39 Å². The Bertz CT molecular complexity index is 939. The number of carbonyl (C=O) groups excluding carboxylic acids is 2. The van der Waals surface area contributed by atoms with Crippen LogP contribution in [-0.4, -0.2) is 66.7 Å². The predicted octanol–water partition coefficient (Wildman–Crippen LogP) is 2.08. The zero-order valence-corrected chi connectivity index (χ0v) is 17.1. The van der Waals surface area contributed by atoms with Crippen LogP contribution in [0, 0.1) is 0 Å². The molecule has 1 saturated heterocycles. The van der Waals surface area contributed by atoms with Crippen molar-refractivity contribution in [1.29, 1.82) is 0 Å². The number of ether oxygens (including phenoxy) is 1. The summed E-state index contributed by atoms with van der Waals surface area (Å²) in [7, 11) is 0. The molecule has 156 valence electrons. The number of para-hydroxylation sites is 1. The summed E-state index contributed by atoms with van der Waals surface area (Å²) < 4.78 is 10.9. The molecule has 2 heterocycles. The van der Waals surface area contributed by atoms with Crippen molar-refractivity contribution in [3.8, 4) is 0 Å². The number of nitrogens with zero attached hydrogens (tertiary/aromatic N) is 2. The molecule has 0 saturated carbocycles. The Kier molecular flexibility index (Phi) is 6.22. The van der Waals surface area contributed by atoms with Gasteiger partial charge in [-0.3, -0.25) is 14.5 Å². The normalized spacial score (nSPS) is 15.3. The van der Waals surface area contributed by atoms with Crippen molar-refractivity contribution >= 4 is 23.0 Å². The van der Waals surface area contributed by atoms with Crippen molar-refractivity contribution in [2.45, 2.75) is 26.4 Å². The third-order valence-corrected chi connectivity index (χ3v) is 4.60. The van der Waals surface area contributed by atoms with Crippen molar-refractivity contribution in [3.05, 3.63) is 46.3 Å². The molecule has 1 aliphatic heterocycles. The summed E-state index contributed by atoms with van der Waals surface area (Å²) >= 11 is 0. The van der Waals surface area contributed by atoms with Crippen LogP contribution in [0.15, 0.2) is 39.5 Å². The third kappa shape index (κ3) is 5.57. The quantitative estimate of drug-likeness (QED) is 0.843.